The molecule has 0 radical (unpaired) electrons. The minimum atomic E-state index is -4.86. The molecule has 13 heteroatoms. The van der Waals surface area contributed by atoms with Gasteiger partial charge in [0, 0.05) is 7.11 Å². The maximum absolute atomic E-state index is 11.7. The third-order valence-electron chi connectivity index (χ3n) is 3.54. The second-order valence-electron chi connectivity index (χ2n) is 5.13. The van der Waals surface area contributed by atoms with E-state index in [0.717, 1.165) is 0 Å². The zero-order valence-corrected chi connectivity index (χ0v) is 13.2. The summed E-state index contributed by atoms with van der Waals surface area (Å²) in [7, 11) is -3.50. The largest absolute Gasteiger partial charge is 0.470 e. The Kier molecular flexibility index (Phi) is 4.53. The second-order valence-corrected chi connectivity index (χ2v) is 6.32. The Bertz CT molecular complexity index is 831. The van der Waals surface area contributed by atoms with E-state index < -0.39 is 37.9 Å². The van der Waals surface area contributed by atoms with Gasteiger partial charge in [0.15, 0.2) is 17.4 Å². The van der Waals surface area contributed by atoms with Gasteiger partial charge in [-0.25, -0.2) is 14.5 Å². The summed E-state index contributed by atoms with van der Waals surface area (Å²) in [6.45, 7) is -0.0706. The topological polar surface area (TPSA) is 169 Å². The smallest absolute Gasteiger partial charge is 0.386 e. The molecule has 0 saturated carbocycles. The summed E-state index contributed by atoms with van der Waals surface area (Å²) in [4.78, 5) is 40.0. The number of aliphatic hydroxyl groups excluding tert-OH is 1. The van der Waals surface area contributed by atoms with Crippen LogP contribution in [0.1, 0.15) is 6.23 Å². The highest BCUT2D eigenvalue weighted by molar-refractivity contribution is 7.46. The van der Waals surface area contributed by atoms with Gasteiger partial charge in [-0.1, -0.05) is 0 Å². The molecule has 132 valence electrons. The molecule has 4 atom stereocenters. The fraction of sp³-hybridized carbons (Fsp3) is 0.545. The predicted octanol–water partition coefficient (Wildman–Crippen LogP) is -1.50. The van der Waals surface area contributed by atoms with Crippen molar-refractivity contribution in [3.05, 3.63) is 23.0 Å². The molecule has 1 saturated heterocycles. The van der Waals surface area contributed by atoms with Gasteiger partial charge in [-0.15, -0.1) is 0 Å². The molecule has 0 spiro atoms. The fourth-order valence-corrected chi connectivity index (χ4v) is 3.16. The SMILES string of the molecule is COC[C@H]1O[C@@H](n2cnc3c(=O)[nH]cnc32)[C@H](O)[C@@H]1OP(=O)(O)O. The molecule has 1 aliphatic heterocycles. The number of phosphoric acid groups is 1. The number of H-pyrrole nitrogens is 1. The van der Waals surface area contributed by atoms with Gasteiger partial charge in [0.05, 0.1) is 19.3 Å². The lowest BCUT2D eigenvalue weighted by molar-refractivity contribution is -0.0577. The fourth-order valence-electron chi connectivity index (χ4n) is 2.59. The first-order valence-corrected chi connectivity index (χ1v) is 8.31. The molecule has 24 heavy (non-hydrogen) atoms. The number of nitrogens with zero attached hydrogens (tertiary/aromatic N) is 3. The van der Waals surface area contributed by atoms with Crippen LogP contribution in [0.2, 0.25) is 0 Å². The van der Waals surface area contributed by atoms with Crippen molar-refractivity contribution in [3.8, 4) is 0 Å². The van der Waals surface area contributed by atoms with E-state index in [1.165, 1.54) is 24.3 Å². The summed E-state index contributed by atoms with van der Waals surface area (Å²) in [5.74, 6) is 0. The first kappa shape index (κ1) is 17.2. The number of rotatable bonds is 5. The summed E-state index contributed by atoms with van der Waals surface area (Å²) < 4.78 is 27.6. The van der Waals surface area contributed by atoms with Crippen molar-refractivity contribution < 1.29 is 33.5 Å². The van der Waals surface area contributed by atoms with E-state index >= 15 is 0 Å². The quantitative estimate of drug-likeness (QED) is 0.459. The van der Waals surface area contributed by atoms with Crippen molar-refractivity contribution in [3.63, 3.8) is 0 Å². The summed E-state index contributed by atoms with van der Waals surface area (Å²) in [5.41, 5.74) is -0.283. The third kappa shape index (κ3) is 3.13. The van der Waals surface area contributed by atoms with Crippen molar-refractivity contribution in [1.82, 2.24) is 19.5 Å². The van der Waals surface area contributed by atoms with Gasteiger partial charge in [-0.05, 0) is 0 Å². The lowest BCUT2D eigenvalue weighted by Crippen LogP contribution is -2.35. The number of aromatic nitrogens is 4. The lowest BCUT2D eigenvalue weighted by Gasteiger charge is -2.20. The van der Waals surface area contributed by atoms with Crippen LogP contribution in [0.4, 0.5) is 0 Å². The number of methoxy groups -OCH3 is 1. The second kappa shape index (κ2) is 6.33. The first-order chi connectivity index (χ1) is 11.3. The van der Waals surface area contributed by atoms with Crippen LogP contribution in [-0.4, -0.2) is 66.4 Å². The first-order valence-electron chi connectivity index (χ1n) is 6.78. The van der Waals surface area contributed by atoms with Crippen molar-refractivity contribution in [1.29, 1.82) is 0 Å². The third-order valence-corrected chi connectivity index (χ3v) is 4.06. The molecule has 3 heterocycles. The zero-order chi connectivity index (χ0) is 17.5. The average molecular weight is 362 g/mol. The number of ether oxygens (including phenoxy) is 2. The molecule has 2 aromatic heterocycles. The number of imidazole rings is 1. The van der Waals surface area contributed by atoms with Crippen LogP contribution < -0.4 is 5.56 Å². The molecule has 0 bridgehead atoms. The van der Waals surface area contributed by atoms with E-state index in [4.69, 9.17) is 19.3 Å². The van der Waals surface area contributed by atoms with Gasteiger partial charge in [0.2, 0.25) is 0 Å². The Morgan fingerprint density at radius 3 is 2.88 bits per heavy atom. The molecule has 1 aliphatic rings. The summed E-state index contributed by atoms with van der Waals surface area (Å²) in [6, 6.07) is 0. The van der Waals surface area contributed by atoms with Gasteiger partial charge < -0.3 is 29.4 Å². The Balaban J connectivity index is 1.97. The molecule has 0 aliphatic carbocycles. The van der Waals surface area contributed by atoms with E-state index in [1.54, 1.807) is 0 Å². The molecule has 1 fully saturated rings. The molecule has 0 aromatic carbocycles. The van der Waals surface area contributed by atoms with Crippen LogP contribution in [0.3, 0.4) is 0 Å². The highest BCUT2D eigenvalue weighted by Crippen LogP contribution is 2.44. The van der Waals surface area contributed by atoms with Crippen molar-refractivity contribution >= 4 is 19.0 Å². The number of hydrogen-bond acceptors (Lipinski definition) is 8. The Hall–Kier alpha value is -1.66. The van der Waals surface area contributed by atoms with E-state index in [1.807, 2.05) is 0 Å². The van der Waals surface area contributed by atoms with Crippen molar-refractivity contribution in [2.24, 2.45) is 0 Å². The van der Waals surface area contributed by atoms with Crippen LogP contribution in [0.5, 0.6) is 0 Å². The van der Waals surface area contributed by atoms with Crippen LogP contribution in [0, 0.1) is 0 Å². The molecule has 0 amide bonds. The monoisotopic (exact) mass is 362 g/mol. The predicted molar refractivity (Wildman–Crippen MR) is 76.9 cm³/mol. The van der Waals surface area contributed by atoms with Crippen LogP contribution in [0.15, 0.2) is 17.4 Å². The summed E-state index contributed by atoms with van der Waals surface area (Å²) in [5, 5.41) is 10.4. The molecule has 0 unspecified atom stereocenters. The van der Waals surface area contributed by atoms with Crippen molar-refractivity contribution in [2.75, 3.05) is 13.7 Å². The van der Waals surface area contributed by atoms with E-state index in [-0.39, 0.29) is 17.8 Å². The number of nitrogens with one attached hydrogen (secondary N) is 1. The van der Waals surface area contributed by atoms with Gasteiger partial charge in [-0.2, -0.15) is 0 Å². The molecule has 4 N–H and O–H groups in total. The maximum atomic E-state index is 11.7. The van der Waals surface area contributed by atoms with Gasteiger partial charge in [-0.3, -0.25) is 13.9 Å². The van der Waals surface area contributed by atoms with Gasteiger partial charge >= 0.3 is 7.82 Å². The Labute approximate surface area is 134 Å². The van der Waals surface area contributed by atoms with E-state index in [0.29, 0.717) is 0 Å². The number of aliphatic hydroxyl groups is 1. The standard InChI is InChI=1S/C11H15N4O8P/c1-21-2-5-8(23-24(18,19)20)7(16)11(22-5)15-4-14-6-9(15)12-3-13-10(6)17/h3-5,7-8,11,16H,2H2,1H3,(H,12,13,17)(H2,18,19,20)/t5-,7-,8-,11-/m1/s1. The van der Waals surface area contributed by atoms with E-state index in [9.17, 15) is 14.5 Å². The highest BCUT2D eigenvalue weighted by atomic mass is 31.2. The molecule has 2 aromatic rings. The number of fused-ring (bicyclic) bond motifs is 1. The molecular weight excluding hydrogens is 347 g/mol. The van der Waals surface area contributed by atoms with Crippen LogP contribution in [-0.2, 0) is 18.6 Å². The normalized spacial score (nSPS) is 27.8. The minimum absolute atomic E-state index is 0.0379. The zero-order valence-electron chi connectivity index (χ0n) is 12.3. The van der Waals surface area contributed by atoms with Gasteiger partial charge in [0.1, 0.15) is 18.3 Å². The van der Waals surface area contributed by atoms with Crippen LogP contribution in [0.25, 0.3) is 11.2 Å². The number of aromatic amines is 1. The average Bonchev–Trinajstić information content (AvgIpc) is 3.03. The van der Waals surface area contributed by atoms with Crippen molar-refractivity contribution in [2.45, 2.75) is 24.5 Å². The number of phosphoric ester groups is 1. The molecular formula is C11H15N4O8P. The molecule has 12 nitrogen and oxygen atoms in total. The van der Waals surface area contributed by atoms with Crippen LogP contribution >= 0.6 is 7.82 Å². The highest BCUT2D eigenvalue weighted by Gasteiger charge is 2.48. The van der Waals surface area contributed by atoms with E-state index in [2.05, 4.69) is 19.5 Å². The molecule has 3 rings (SSSR count). The number of hydrogen-bond donors (Lipinski definition) is 4. The minimum Gasteiger partial charge on any atom is -0.386 e. The maximum Gasteiger partial charge on any atom is 0.470 e. The lowest BCUT2D eigenvalue weighted by atomic mass is 10.1. The summed E-state index contributed by atoms with van der Waals surface area (Å²) >= 11 is 0. The Morgan fingerprint density at radius 1 is 1.46 bits per heavy atom. The Morgan fingerprint density at radius 2 is 2.21 bits per heavy atom. The van der Waals surface area contributed by atoms with Gasteiger partial charge in [0.25, 0.3) is 5.56 Å². The summed E-state index contributed by atoms with van der Waals surface area (Å²) in [6.07, 6.45) is -2.43.